The fraction of sp³-hybridized carbons (Fsp3) is 0.571. The first-order chi connectivity index (χ1) is 9.34. The van der Waals surface area contributed by atoms with Crippen molar-refractivity contribution in [2.24, 2.45) is 0 Å². The van der Waals surface area contributed by atoms with Gasteiger partial charge in [-0.05, 0) is 24.3 Å². The highest BCUT2D eigenvalue weighted by Gasteiger charge is 2.12. The van der Waals surface area contributed by atoms with Gasteiger partial charge in [-0.1, -0.05) is 19.3 Å². The number of nitrogens with zero attached hydrogens (tertiary/aromatic N) is 2. The van der Waals surface area contributed by atoms with Crippen LogP contribution >= 0.6 is 11.3 Å². The van der Waals surface area contributed by atoms with Crippen molar-refractivity contribution in [1.29, 1.82) is 0 Å². The highest BCUT2D eigenvalue weighted by atomic mass is 32.1. The number of nitrogens with one attached hydrogen (secondary N) is 1. The second-order valence-electron chi connectivity index (χ2n) is 5.17. The lowest BCUT2D eigenvalue weighted by Gasteiger charge is -2.22. The van der Waals surface area contributed by atoms with Gasteiger partial charge in [0.05, 0.1) is 11.7 Å². The Balaban J connectivity index is 1.61. The van der Waals surface area contributed by atoms with E-state index in [-0.39, 0.29) is 5.56 Å². The molecule has 0 bridgehead atoms. The van der Waals surface area contributed by atoms with Gasteiger partial charge < -0.3 is 5.32 Å². The topological polar surface area (TPSA) is 46.9 Å². The number of hydrogen-bond acceptors (Lipinski definition) is 4. The summed E-state index contributed by atoms with van der Waals surface area (Å²) in [5.41, 5.74) is 0.0803. The van der Waals surface area contributed by atoms with Crippen molar-refractivity contribution in [1.82, 2.24) is 14.9 Å². The zero-order valence-electron chi connectivity index (χ0n) is 11.0. The predicted octanol–water partition coefficient (Wildman–Crippen LogP) is 2.38. The molecule has 1 saturated carbocycles. The molecule has 5 heteroatoms. The Morgan fingerprint density at radius 1 is 1.37 bits per heavy atom. The molecule has 1 aliphatic rings. The molecule has 2 aromatic rings. The first-order valence-corrected chi connectivity index (χ1v) is 7.88. The SMILES string of the molecule is O=c1c2ccsc2ncn1CCNC1CCCCC1. The van der Waals surface area contributed by atoms with Crippen LogP contribution in [0.25, 0.3) is 10.2 Å². The second kappa shape index (κ2) is 5.84. The van der Waals surface area contributed by atoms with Crippen molar-refractivity contribution < 1.29 is 0 Å². The molecule has 0 spiro atoms. The van der Waals surface area contributed by atoms with Crippen molar-refractivity contribution in [2.45, 2.75) is 44.7 Å². The Hall–Kier alpha value is -1.20. The first-order valence-electron chi connectivity index (χ1n) is 7.00. The summed E-state index contributed by atoms with van der Waals surface area (Å²) in [6.07, 6.45) is 8.26. The minimum absolute atomic E-state index is 0.0803. The zero-order valence-corrected chi connectivity index (χ0v) is 11.8. The van der Waals surface area contributed by atoms with Crippen molar-refractivity contribution >= 4 is 21.6 Å². The zero-order chi connectivity index (χ0) is 13.1. The average Bonchev–Trinajstić information content (AvgIpc) is 2.92. The molecule has 1 N–H and O–H groups in total. The second-order valence-corrected chi connectivity index (χ2v) is 6.07. The van der Waals surface area contributed by atoms with Gasteiger partial charge in [0.15, 0.2) is 0 Å². The number of rotatable bonds is 4. The molecule has 2 aromatic heterocycles. The molecular weight excluding hydrogens is 258 g/mol. The lowest BCUT2D eigenvalue weighted by atomic mass is 9.95. The Bertz CT molecular complexity index is 598. The monoisotopic (exact) mass is 277 g/mol. The third-order valence-electron chi connectivity index (χ3n) is 3.84. The maximum atomic E-state index is 12.2. The van der Waals surface area contributed by atoms with Gasteiger partial charge >= 0.3 is 0 Å². The lowest BCUT2D eigenvalue weighted by molar-refractivity contribution is 0.367. The van der Waals surface area contributed by atoms with Gasteiger partial charge in [-0.25, -0.2) is 4.98 Å². The van der Waals surface area contributed by atoms with Gasteiger partial charge in [-0.15, -0.1) is 11.3 Å². The van der Waals surface area contributed by atoms with E-state index in [1.807, 2.05) is 11.4 Å². The molecule has 4 nitrogen and oxygen atoms in total. The highest BCUT2D eigenvalue weighted by Crippen LogP contribution is 2.17. The Morgan fingerprint density at radius 2 is 2.21 bits per heavy atom. The summed E-state index contributed by atoms with van der Waals surface area (Å²) in [4.78, 5) is 17.3. The Labute approximate surface area is 116 Å². The van der Waals surface area contributed by atoms with E-state index in [9.17, 15) is 4.79 Å². The maximum Gasteiger partial charge on any atom is 0.262 e. The fourth-order valence-corrected chi connectivity index (χ4v) is 3.47. The molecular formula is C14H19N3OS. The molecule has 102 valence electrons. The minimum Gasteiger partial charge on any atom is -0.312 e. The van der Waals surface area contributed by atoms with Crippen LogP contribution in [-0.4, -0.2) is 22.1 Å². The van der Waals surface area contributed by atoms with Gasteiger partial charge in [-0.3, -0.25) is 9.36 Å². The van der Waals surface area contributed by atoms with E-state index in [0.29, 0.717) is 12.6 Å². The van der Waals surface area contributed by atoms with Crippen molar-refractivity contribution in [3.05, 3.63) is 28.1 Å². The van der Waals surface area contributed by atoms with E-state index >= 15 is 0 Å². The highest BCUT2D eigenvalue weighted by molar-refractivity contribution is 7.16. The van der Waals surface area contributed by atoms with E-state index in [1.54, 1.807) is 10.9 Å². The van der Waals surface area contributed by atoms with Crippen LogP contribution in [0.1, 0.15) is 32.1 Å². The summed E-state index contributed by atoms with van der Waals surface area (Å²) in [7, 11) is 0. The first kappa shape index (κ1) is 12.8. The summed E-state index contributed by atoms with van der Waals surface area (Å²) in [6.45, 7) is 1.55. The molecule has 0 saturated heterocycles. The molecule has 3 rings (SSSR count). The largest absolute Gasteiger partial charge is 0.312 e. The van der Waals surface area contributed by atoms with E-state index in [4.69, 9.17) is 0 Å². The van der Waals surface area contributed by atoms with Crippen LogP contribution in [0, 0.1) is 0 Å². The molecule has 1 fully saturated rings. The van der Waals surface area contributed by atoms with Gasteiger partial charge in [0.25, 0.3) is 5.56 Å². The third-order valence-corrected chi connectivity index (χ3v) is 4.66. The van der Waals surface area contributed by atoms with E-state index in [2.05, 4.69) is 10.3 Å². The Kier molecular flexibility index (Phi) is 3.94. The molecule has 0 aliphatic heterocycles. The van der Waals surface area contributed by atoms with Gasteiger partial charge in [-0.2, -0.15) is 0 Å². The van der Waals surface area contributed by atoms with E-state index in [0.717, 1.165) is 16.8 Å². The van der Waals surface area contributed by atoms with Crippen LogP contribution in [0.3, 0.4) is 0 Å². The minimum atomic E-state index is 0.0803. The van der Waals surface area contributed by atoms with Crippen LogP contribution in [0.4, 0.5) is 0 Å². The molecule has 0 radical (unpaired) electrons. The van der Waals surface area contributed by atoms with Crippen molar-refractivity contribution in [3.63, 3.8) is 0 Å². The van der Waals surface area contributed by atoms with Crippen LogP contribution in [0.5, 0.6) is 0 Å². The summed E-state index contributed by atoms with van der Waals surface area (Å²) in [5, 5.41) is 6.22. The Morgan fingerprint density at radius 3 is 3.05 bits per heavy atom. The van der Waals surface area contributed by atoms with Crippen molar-refractivity contribution in [2.75, 3.05) is 6.54 Å². The standard InChI is InChI=1S/C14H19N3OS/c18-14-12-6-9-19-13(12)16-10-17(14)8-7-15-11-4-2-1-3-5-11/h6,9-11,15H,1-5,7-8H2. The molecule has 0 unspecified atom stereocenters. The number of aromatic nitrogens is 2. The third kappa shape index (κ3) is 2.87. The van der Waals surface area contributed by atoms with Gasteiger partial charge in [0, 0.05) is 19.1 Å². The molecule has 0 atom stereocenters. The van der Waals surface area contributed by atoms with Crippen LogP contribution < -0.4 is 10.9 Å². The smallest absolute Gasteiger partial charge is 0.262 e. The summed E-state index contributed by atoms with van der Waals surface area (Å²) >= 11 is 1.52. The van der Waals surface area contributed by atoms with Crippen LogP contribution in [0.15, 0.2) is 22.6 Å². The quantitative estimate of drug-likeness (QED) is 0.933. The summed E-state index contributed by atoms with van der Waals surface area (Å²) in [5.74, 6) is 0. The number of thiophene rings is 1. The molecule has 2 heterocycles. The fourth-order valence-electron chi connectivity index (χ4n) is 2.75. The number of fused-ring (bicyclic) bond motifs is 1. The van der Waals surface area contributed by atoms with Crippen molar-refractivity contribution in [3.8, 4) is 0 Å². The normalized spacial score (nSPS) is 17.1. The van der Waals surface area contributed by atoms with Gasteiger partial charge in [0.2, 0.25) is 0 Å². The maximum absolute atomic E-state index is 12.2. The predicted molar refractivity (Wildman–Crippen MR) is 78.8 cm³/mol. The number of hydrogen-bond donors (Lipinski definition) is 1. The summed E-state index contributed by atoms with van der Waals surface area (Å²) < 4.78 is 1.71. The van der Waals surface area contributed by atoms with E-state index in [1.165, 1.54) is 43.4 Å². The molecule has 19 heavy (non-hydrogen) atoms. The molecule has 0 amide bonds. The lowest BCUT2D eigenvalue weighted by Crippen LogP contribution is -2.35. The van der Waals surface area contributed by atoms with Crippen LogP contribution in [0.2, 0.25) is 0 Å². The van der Waals surface area contributed by atoms with Crippen LogP contribution in [-0.2, 0) is 6.54 Å². The molecule has 0 aromatic carbocycles. The summed E-state index contributed by atoms with van der Waals surface area (Å²) in [6, 6.07) is 2.50. The average molecular weight is 277 g/mol. The van der Waals surface area contributed by atoms with E-state index < -0.39 is 0 Å². The van der Waals surface area contributed by atoms with Gasteiger partial charge in [0.1, 0.15) is 4.83 Å². The molecule has 1 aliphatic carbocycles.